The first kappa shape index (κ1) is 26.8. The van der Waals surface area contributed by atoms with Gasteiger partial charge < -0.3 is 29.4 Å². The number of hydrogen-bond donors (Lipinski definition) is 2. The number of likely N-dealkylation sites (tertiary alicyclic amines) is 1. The summed E-state index contributed by atoms with van der Waals surface area (Å²) >= 11 is 0. The van der Waals surface area contributed by atoms with Crippen LogP contribution in [0.4, 0.5) is 4.79 Å². The highest BCUT2D eigenvalue weighted by molar-refractivity contribution is 14.0. The number of rotatable bonds is 10. The minimum Gasteiger partial charge on any atom is -0.469 e. The third-order valence-electron chi connectivity index (χ3n) is 6.43. The number of methoxy groups -OCH3 is 1. The van der Waals surface area contributed by atoms with Crippen LogP contribution < -0.4 is 10.6 Å². The molecule has 0 spiro atoms. The lowest BCUT2D eigenvalue weighted by Crippen LogP contribution is -2.50. The first-order chi connectivity index (χ1) is 15.1. The Hall–Kier alpha value is -1.49. The fourth-order valence-electron chi connectivity index (χ4n) is 4.26. The molecule has 32 heavy (non-hydrogen) atoms. The van der Waals surface area contributed by atoms with Crippen LogP contribution in [-0.4, -0.2) is 69.5 Å². The number of aliphatic imine (C=N–C) groups is 1. The maximum Gasteiger partial charge on any atom is 0.409 e. The van der Waals surface area contributed by atoms with E-state index in [0.29, 0.717) is 19.7 Å². The van der Waals surface area contributed by atoms with E-state index in [9.17, 15) is 4.79 Å². The molecular weight excluding hydrogens is 523 g/mol. The molecule has 2 heterocycles. The molecule has 1 amide bonds. The van der Waals surface area contributed by atoms with Crippen molar-refractivity contribution in [3.05, 3.63) is 24.2 Å². The maximum absolute atomic E-state index is 11.9. The number of amides is 1. The van der Waals surface area contributed by atoms with Crippen molar-refractivity contribution in [3.63, 3.8) is 0 Å². The smallest absolute Gasteiger partial charge is 0.409 e. The van der Waals surface area contributed by atoms with Gasteiger partial charge in [0.15, 0.2) is 5.96 Å². The Balaban J connectivity index is 0.00000363. The summed E-state index contributed by atoms with van der Waals surface area (Å²) in [5.74, 6) is 1.81. The van der Waals surface area contributed by atoms with Crippen LogP contribution in [0.15, 0.2) is 27.8 Å². The summed E-state index contributed by atoms with van der Waals surface area (Å²) in [7, 11) is 1.77. The van der Waals surface area contributed by atoms with Crippen LogP contribution in [0.2, 0.25) is 0 Å². The number of ether oxygens (including phenoxy) is 2. The number of furan rings is 1. The van der Waals surface area contributed by atoms with Gasteiger partial charge >= 0.3 is 6.09 Å². The van der Waals surface area contributed by atoms with Crippen molar-refractivity contribution in [2.75, 3.05) is 46.5 Å². The van der Waals surface area contributed by atoms with Gasteiger partial charge in [-0.1, -0.05) is 6.42 Å². The second kappa shape index (κ2) is 13.9. The van der Waals surface area contributed by atoms with Crippen molar-refractivity contribution in [3.8, 4) is 0 Å². The molecule has 9 heteroatoms. The summed E-state index contributed by atoms with van der Waals surface area (Å²) in [6, 6.07) is 4.19. The highest BCUT2D eigenvalue weighted by Crippen LogP contribution is 2.44. The van der Waals surface area contributed by atoms with Crippen LogP contribution in [0.25, 0.3) is 0 Å². The van der Waals surface area contributed by atoms with Crippen molar-refractivity contribution in [1.82, 2.24) is 15.5 Å². The van der Waals surface area contributed by atoms with Crippen molar-refractivity contribution in [1.29, 1.82) is 0 Å². The molecule has 1 aromatic heterocycles. The molecule has 0 atom stereocenters. The molecule has 8 nitrogen and oxygen atoms in total. The molecular formula is C23H39IN4O4. The molecule has 1 aromatic rings. The third kappa shape index (κ3) is 8.13. The van der Waals surface area contributed by atoms with E-state index in [2.05, 4.69) is 10.6 Å². The molecule has 1 aliphatic carbocycles. The minimum atomic E-state index is -0.212. The second-order valence-electron chi connectivity index (χ2n) is 8.62. The Morgan fingerprint density at radius 2 is 2.12 bits per heavy atom. The fourth-order valence-corrected chi connectivity index (χ4v) is 4.26. The van der Waals surface area contributed by atoms with E-state index in [1.807, 2.05) is 19.1 Å². The van der Waals surface area contributed by atoms with E-state index < -0.39 is 0 Å². The Morgan fingerprint density at radius 3 is 2.72 bits per heavy atom. The summed E-state index contributed by atoms with van der Waals surface area (Å²) in [4.78, 5) is 18.7. The zero-order valence-corrected chi connectivity index (χ0v) is 21.8. The van der Waals surface area contributed by atoms with Gasteiger partial charge in [-0.3, -0.25) is 4.99 Å². The normalized spacial score (nSPS) is 18.4. The number of halogens is 1. The standard InChI is InChI=1S/C23H38N4O4.HI/c1-3-30-22(28)27-14-8-19(9-15-27)26-21(24-13-7-20-6-4-16-31-20)25-18-23(10-5-11-23)12-17-29-2;/h4,6,16,19H,3,5,7-15,17-18H2,1-2H3,(H2,24,25,26);1H. The van der Waals surface area contributed by atoms with E-state index in [1.54, 1.807) is 18.3 Å². The Kier molecular flexibility index (Phi) is 11.6. The number of hydrogen-bond acceptors (Lipinski definition) is 5. The van der Waals surface area contributed by atoms with Crippen molar-refractivity contribution in [2.45, 2.75) is 57.9 Å². The molecule has 0 bridgehead atoms. The maximum atomic E-state index is 11.9. The average Bonchev–Trinajstić information content (AvgIpc) is 3.27. The number of carbonyl (C=O) groups is 1. The van der Waals surface area contributed by atoms with Crippen LogP contribution in [0, 0.1) is 5.41 Å². The van der Waals surface area contributed by atoms with Gasteiger partial charge in [-0.25, -0.2) is 4.79 Å². The zero-order valence-electron chi connectivity index (χ0n) is 19.4. The molecule has 1 saturated carbocycles. The number of nitrogens with zero attached hydrogens (tertiary/aromatic N) is 2. The second-order valence-corrected chi connectivity index (χ2v) is 8.62. The van der Waals surface area contributed by atoms with Gasteiger partial charge in [0.05, 0.1) is 12.9 Å². The number of guanidine groups is 1. The van der Waals surface area contributed by atoms with Crippen LogP contribution in [-0.2, 0) is 15.9 Å². The van der Waals surface area contributed by atoms with Crippen LogP contribution in [0.3, 0.4) is 0 Å². The summed E-state index contributed by atoms with van der Waals surface area (Å²) < 4.78 is 15.9. The molecule has 2 N–H and O–H groups in total. The summed E-state index contributed by atoms with van der Waals surface area (Å²) in [5, 5.41) is 7.08. The molecule has 2 fully saturated rings. The molecule has 0 unspecified atom stereocenters. The van der Waals surface area contributed by atoms with Gasteiger partial charge in [0.2, 0.25) is 0 Å². The van der Waals surface area contributed by atoms with Crippen molar-refractivity contribution in [2.24, 2.45) is 10.4 Å². The Bertz CT molecular complexity index is 686. The van der Waals surface area contributed by atoms with Gasteiger partial charge in [-0.15, -0.1) is 24.0 Å². The molecule has 3 rings (SSSR count). The van der Waals surface area contributed by atoms with E-state index in [4.69, 9.17) is 18.9 Å². The lowest BCUT2D eigenvalue weighted by molar-refractivity contribution is 0.0777. The first-order valence-corrected chi connectivity index (χ1v) is 11.6. The predicted octanol–water partition coefficient (Wildman–Crippen LogP) is 3.80. The third-order valence-corrected chi connectivity index (χ3v) is 6.43. The van der Waals surface area contributed by atoms with Gasteiger partial charge in [0, 0.05) is 52.4 Å². The first-order valence-electron chi connectivity index (χ1n) is 11.6. The quantitative estimate of drug-likeness (QED) is 0.256. The van der Waals surface area contributed by atoms with E-state index in [0.717, 1.165) is 57.1 Å². The van der Waals surface area contributed by atoms with Crippen LogP contribution in [0.1, 0.15) is 51.2 Å². The zero-order chi connectivity index (χ0) is 21.9. The topological polar surface area (TPSA) is 88.3 Å². The summed E-state index contributed by atoms with van der Waals surface area (Å²) in [6.07, 6.45) is 8.84. The van der Waals surface area contributed by atoms with Gasteiger partial charge in [-0.05, 0) is 56.6 Å². The van der Waals surface area contributed by atoms with Gasteiger partial charge in [0.1, 0.15) is 5.76 Å². The highest BCUT2D eigenvalue weighted by Gasteiger charge is 2.36. The largest absolute Gasteiger partial charge is 0.469 e. The molecule has 1 aliphatic heterocycles. The Labute approximate surface area is 208 Å². The predicted molar refractivity (Wildman–Crippen MR) is 136 cm³/mol. The molecule has 0 aromatic carbocycles. The fraction of sp³-hybridized carbons (Fsp3) is 0.739. The molecule has 1 saturated heterocycles. The van der Waals surface area contributed by atoms with E-state index >= 15 is 0 Å². The van der Waals surface area contributed by atoms with Crippen LogP contribution >= 0.6 is 24.0 Å². The van der Waals surface area contributed by atoms with Gasteiger partial charge in [-0.2, -0.15) is 0 Å². The monoisotopic (exact) mass is 562 g/mol. The minimum absolute atomic E-state index is 0. The summed E-state index contributed by atoms with van der Waals surface area (Å²) in [6.45, 7) is 6.02. The van der Waals surface area contributed by atoms with Gasteiger partial charge in [0.25, 0.3) is 0 Å². The SMILES string of the molecule is CCOC(=O)N1CCC(NC(=NCC2(CCOC)CCC2)NCCc2ccco2)CC1.I. The lowest BCUT2D eigenvalue weighted by Gasteiger charge is -2.41. The molecule has 0 radical (unpaired) electrons. The summed E-state index contributed by atoms with van der Waals surface area (Å²) in [5.41, 5.74) is 0.277. The molecule has 2 aliphatic rings. The van der Waals surface area contributed by atoms with E-state index in [1.165, 1.54) is 19.3 Å². The number of nitrogens with one attached hydrogen (secondary N) is 2. The van der Waals surface area contributed by atoms with Crippen molar-refractivity contribution < 1.29 is 18.7 Å². The van der Waals surface area contributed by atoms with Crippen molar-refractivity contribution >= 4 is 36.0 Å². The lowest BCUT2D eigenvalue weighted by atomic mass is 9.67. The van der Waals surface area contributed by atoms with E-state index in [-0.39, 0.29) is 41.5 Å². The molecule has 182 valence electrons. The average molecular weight is 562 g/mol. The highest BCUT2D eigenvalue weighted by atomic mass is 127. The van der Waals surface area contributed by atoms with Crippen LogP contribution in [0.5, 0.6) is 0 Å². The number of carbonyl (C=O) groups excluding carboxylic acids is 1. The Morgan fingerprint density at radius 1 is 1.34 bits per heavy atom. The number of piperidine rings is 1.